The molecule has 138 valence electrons. The van der Waals surface area contributed by atoms with Gasteiger partial charge in [0.05, 0.1) is 0 Å². The molecule has 0 spiro atoms. The summed E-state index contributed by atoms with van der Waals surface area (Å²) in [6.45, 7) is 11.0. The first kappa shape index (κ1) is 22.3. The van der Waals surface area contributed by atoms with E-state index in [2.05, 4.69) is 4.74 Å². The summed E-state index contributed by atoms with van der Waals surface area (Å²) < 4.78 is 82.3. The Morgan fingerprint density at radius 1 is 0.826 bits per heavy atom. The van der Waals surface area contributed by atoms with Crippen LogP contribution in [0.5, 0.6) is 0 Å². The first-order valence-electron chi connectivity index (χ1n) is 7.25. The van der Waals surface area contributed by atoms with E-state index in [0.717, 1.165) is 6.08 Å². The van der Waals surface area contributed by atoms with E-state index in [1.807, 2.05) is 20.8 Å². The molecule has 1 nitrogen and oxygen atoms in total. The van der Waals surface area contributed by atoms with E-state index in [4.69, 9.17) is 0 Å². The summed E-state index contributed by atoms with van der Waals surface area (Å²) in [5.74, 6) is -0.471. The van der Waals surface area contributed by atoms with Crippen LogP contribution in [-0.2, 0) is 4.74 Å². The van der Waals surface area contributed by atoms with E-state index in [-0.39, 0.29) is 11.5 Å². The topological polar surface area (TPSA) is 9.23 Å². The summed E-state index contributed by atoms with van der Waals surface area (Å²) in [6, 6.07) is 0. The number of ether oxygens (including phenoxy) is 1. The molecule has 0 rings (SSSR count). The van der Waals surface area contributed by atoms with E-state index < -0.39 is 29.3 Å². The van der Waals surface area contributed by atoms with Gasteiger partial charge >= 0.3 is 12.4 Å². The van der Waals surface area contributed by atoms with E-state index in [1.54, 1.807) is 20.8 Å². The van der Waals surface area contributed by atoms with Gasteiger partial charge < -0.3 is 4.74 Å². The van der Waals surface area contributed by atoms with Crippen LogP contribution in [-0.4, -0.2) is 25.1 Å². The highest BCUT2D eigenvalue weighted by Gasteiger charge is 2.70. The largest absolute Gasteiger partial charge is 0.430 e. The van der Waals surface area contributed by atoms with Crippen molar-refractivity contribution < 1.29 is 31.1 Å². The lowest BCUT2D eigenvalue weighted by molar-refractivity contribution is -0.354. The fourth-order valence-corrected chi connectivity index (χ4v) is 2.22. The third-order valence-electron chi connectivity index (χ3n) is 3.67. The Labute approximate surface area is 134 Å². The molecular formula is C16H26F6O. The molecule has 0 heterocycles. The van der Waals surface area contributed by atoms with Gasteiger partial charge in [-0.2, -0.15) is 26.3 Å². The molecule has 0 aliphatic rings. The SMILES string of the molecule is COC(C=CC(CC(C)(C)C)C(C)(C)C)(C(F)(F)F)C(F)(F)F. The van der Waals surface area contributed by atoms with Crippen LogP contribution in [0.4, 0.5) is 26.3 Å². The molecule has 0 N–H and O–H groups in total. The second-order valence-corrected chi connectivity index (χ2v) is 8.03. The van der Waals surface area contributed by atoms with Crippen LogP contribution in [0.25, 0.3) is 0 Å². The molecule has 0 aliphatic carbocycles. The number of hydrogen-bond acceptors (Lipinski definition) is 1. The minimum atomic E-state index is -5.60. The van der Waals surface area contributed by atoms with Crippen molar-refractivity contribution in [3.63, 3.8) is 0 Å². The molecule has 0 bridgehead atoms. The molecule has 0 fully saturated rings. The van der Waals surface area contributed by atoms with Gasteiger partial charge in [-0.05, 0) is 29.2 Å². The van der Waals surface area contributed by atoms with Gasteiger partial charge in [-0.15, -0.1) is 0 Å². The number of halogens is 6. The normalized spacial score (nSPS) is 16.9. The van der Waals surface area contributed by atoms with Crippen LogP contribution in [0, 0.1) is 16.7 Å². The van der Waals surface area contributed by atoms with Gasteiger partial charge in [0.15, 0.2) is 0 Å². The molecule has 0 radical (unpaired) electrons. The molecule has 1 atom stereocenters. The Kier molecular flexibility index (Phi) is 6.44. The van der Waals surface area contributed by atoms with E-state index in [1.165, 1.54) is 0 Å². The van der Waals surface area contributed by atoms with Crippen molar-refractivity contribution >= 4 is 0 Å². The average Bonchev–Trinajstić information content (AvgIpc) is 2.21. The Morgan fingerprint density at radius 2 is 1.22 bits per heavy atom. The van der Waals surface area contributed by atoms with Crippen LogP contribution in [0.3, 0.4) is 0 Å². The third-order valence-corrected chi connectivity index (χ3v) is 3.67. The predicted octanol–water partition coefficient (Wildman–Crippen LogP) is 6.15. The zero-order valence-corrected chi connectivity index (χ0v) is 14.6. The van der Waals surface area contributed by atoms with Gasteiger partial charge in [0.2, 0.25) is 0 Å². The summed E-state index contributed by atoms with van der Waals surface area (Å²) in [7, 11) is 0.418. The van der Waals surface area contributed by atoms with Crippen LogP contribution in [0.15, 0.2) is 12.2 Å². The van der Waals surface area contributed by atoms with Crippen molar-refractivity contribution in [3.05, 3.63) is 12.2 Å². The first-order valence-corrected chi connectivity index (χ1v) is 7.25. The standard InChI is InChI=1S/C16H26F6O/c1-12(2,3)10-11(13(4,5)6)8-9-14(23-7,15(17,18)19)16(20,21)22/h8-9,11H,10H2,1-7H3. The number of alkyl halides is 6. The zero-order chi connectivity index (χ0) is 18.9. The first-order chi connectivity index (χ1) is 9.87. The molecule has 0 aromatic carbocycles. The smallest absolute Gasteiger partial charge is 0.358 e. The number of allylic oxidation sites excluding steroid dienone is 1. The van der Waals surface area contributed by atoms with Crippen molar-refractivity contribution in [1.29, 1.82) is 0 Å². The lowest BCUT2D eigenvalue weighted by Gasteiger charge is -2.36. The van der Waals surface area contributed by atoms with Gasteiger partial charge in [-0.25, -0.2) is 0 Å². The van der Waals surface area contributed by atoms with Crippen molar-refractivity contribution in [1.82, 2.24) is 0 Å². The second-order valence-electron chi connectivity index (χ2n) is 8.03. The van der Waals surface area contributed by atoms with Crippen molar-refractivity contribution in [2.45, 2.75) is 65.9 Å². The Morgan fingerprint density at radius 3 is 1.43 bits per heavy atom. The third kappa shape index (κ3) is 5.69. The number of rotatable bonds is 4. The molecule has 23 heavy (non-hydrogen) atoms. The van der Waals surface area contributed by atoms with Gasteiger partial charge in [0, 0.05) is 7.11 Å². The average molecular weight is 348 g/mol. The molecular weight excluding hydrogens is 322 g/mol. The fourth-order valence-electron chi connectivity index (χ4n) is 2.22. The lowest BCUT2D eigenvalue weighted by atomic mass is 9.71. The maximum atomic E-state index is 13.1. The number of hydrogen-bond donors (Lipinski definition) is 0. The van der Waals surface area contributed by atoms with E-state index in [9.17, 15) is 26.3 Å². The fraction of sp³-hybridized carbons (Fsp3) is 0.875. The van der Waals surface area contributed by atoms with Crippen LogP contribution in [0.2, 0.25) is 0 Å². The van der Waals surface area contributed by atoms with Crippen LogP contribution >= 0.6 is 0 Å². The summed E-state index contributed by atoms with van der Waals surface area (Å²) in [5.41, 5.74) is -5.02. The van der Waals surface area contributed by atoms with Crippen molar-refractivity contribution in [3.8, 4) is 0 Å². The Hall–Kier alpha value is -0.720. The molecule has 0 aliphatic heterocycles. The monoisotopic (exact) mass is 348 g/mol. The quantitative estimate of drug-likeness (QED) is 0.437. The number of methoxy groups -OCH3 is 1. The highest BCUT2D eigenvalue weighted by molar-refractivity contribution is 5.14. The molecule has 0 aromatic heterocycles. The molecule has 0 amide bonds. The van der Waals surface area contributed by atoms with Crippen molar-refractivity contribution in [2.75, 3.05) is 7.11 Å². The van der Waals surface area contributed by atoms with Crippen LogP contribution < -0.4 is 0 Å². The summed E-state index contributed by atoms with van der Waals surface area (Å²) in [6.07, 6.45) is -9.63. The summed E-state index contributed by atoms with van der Waals surface area (Å²) in [4.78, 5) is 0. The molecule has 0 saturated heterocycles. The van der Waals surface area contributed by atoms with Gasteiger partial charge in [0.25, 0.3) is 5.60 Å². The Bertz CT molecular complexity index is 392. The highest BCUT2D eigenvalue weighted by atomic mass is 19.4. The summed E-state index contributed by atoms with van der Waals surface area (Å²) in [5, 5.41) is 0. The van der Waals surface area contributed by atoms with E-state index in [0.29, 0.717) is 13.5 Å². The van der Waals surface area contributed by atoms with Crippen molar-refractivity contribution in [2.24, 2.45) is 16.7 Å². The zero-order valence-electron chi connectivity index (χ0n) is 14.6. The van der Waals surface area contributed by atoms with E-state index >= 15 is 0 Å². The maximum absolute atomic E-state index is 13.1. The second kappa shape index (κ2) is 6.65. The summed E-state index contributed by atoms with van der Waals surface area (Å²) >= 11 is 0. The van der Waals surface area contributed by atoms with Gasteiger partial charge in [0.1, 0.15) is 0 Å². The van der Waals surface area contributed by atoms with Gasteiger partial charge in [-0.3, -0.25) is 0 Å². The molecule has 1 unspecified atom stereocenters. The minimum absolute atomic E-state index is 0.120. The predicted molar refractivity (Wildman–Crippen MR) is 78.0 cm³/mol. The maximum Gasteiger partial charge on any atom is 0.430 e. The van der Waals surface area contributed by atoms with Crippen LogP contribution in [0.1, 0.15) is 48.0 Å². The minimum Gasteiger partial charge on any atom is -0.358 e. The van der Waals surface area contributed by atoms with Gasteiger partial charge in [-0.1, -0.05) is 47.6 Å². The highest BCUT2D eigenvalue weighted by Crippen LogP contribution is 2.47. The molecule has 0 saturated carbocycles. The molecule has 7 heteroatoms. The lowest BCUT2D eigenvalue weighted by Crippen LogP contribution is -2.56. The Balaban J connectivity index is 5.92. The molecule has 0 aromatic rings.